The fourth-order valence-corrected chi connectivity index (χ4v) is 5.20. The highest BCUT2D eigenvalue weighted by Gasteiger charge is 2.45. The lowest BCUT2D eigenvalue weighted by molar-refractivity contribution is -0.695. The molecule has 2 heterocycles. The zero-order chi connectivity index (χ0) is 24.6. The molecule has 10 heteroatoms. The quantitative estimate of drug-likeness (QED) is 0.406. The van der Waals surface area contributed by atoms with Crippen LogP contribution in [0.15, 0.2) is 59.8 Å². The summed E-state index contributed by atoms with van der Waals surface area (Å²) in [5.74, 6) is -0.687. The Morgan fingerprint density at radius 2 is 1.85 bits per heavy atom. The summed E-state index contributed by atoms with van der Waals surface area (Å²) in [6, 6.07) is 13.0. The molecule has 1 N–H and O–H groups in total. The summed E-state index contributed by atoms with van der Waals surface area (Å²) in [7, 11) is 4.41. The molecule has 2 aromatic carbocycles. The van der Waals surface area contributed by atoms with Gasteiger partial charge in [0.15, 0.2) is 17.5 Å². The number of nitrogens with zero attached hydrogens (tertiary/aromatic N) is 2. The van der Waals surface area contributed by atoms with E-state index in [0.29, 0.717) is 26.8 Å². The fraction of sp³-hybridized carbons (Fsp3) is 0.250. The summed E-state index contributed by atoms with van der Waals surface area (Å²) < 4.78 is 42.2. The summed E-state index contributed by atoms with van der Waals surface area (Å²) >= 11 is 1.37. The van der Waals surface area contributed by atoms with Crippen LogP contribution in [0.5, 0.6) is 17.4 Å². The van der Waals surface area contributed by atoms with Crippen molar-refractivity contribution in [3.8, 4) is 27.8 Å². The lowest BCUT2D eigenvalue weighted by Gasteiger charge is -2.27. The monoisotopic (exact) mass is 489 g/mol. The number of anilines is 1. The Kier molecular flexibility index (Phi) is 6.43. The van der Waals surface area contributed by atoms with Gasteiger partial charge in [-0.3, -0.25) is 0 Å². The second kappa shape index (κ2) is 9.30. The molecular formula is C24H23F2N2O5S+. The highest BCUT2D eigenvalue weighted by molar-refractivity contribution is 7.18. The standard InChI is InChI=1S/C24H22F2N2O5S/c1-13-18(22(30)32-4)19(15-10-11-16(33-23(25)26)17(12-15)31-3)28-21(29)20(34-24(28)27(13)2)14-8-6-5-7-9-14/h5-12,19,23H,1-4H3/p+1. The number of methoxy groups -OCH3 is 2. The molecule has 178 valence electrons. The van der Waals surface area contributed by atoms with Crippen LogP contribution in [0.25, 0.3) is 10.4 Å². The maximum Gasteiger partial charge on any atom is 0.387 e. The van der Waals surface area contributed by atoms with Crippen LogP contribution in [-0.4, -0.2) is 39.0 Å². The number of carbonyl (C=O) groups excluding carboxylic acids is 1. The van der Waals surface area contributed by atoms with E-state index in [1.165, 1.54) is 37.7 Å². The van der Waals surface area contributed by atoms with Crippen LogP contribution in [0.2, 0.25) is 0 Å². The highest BCUT2D eigenvalue weighted by atomic mass is 32.1. The first-order valence-corrected chi connectivity index (χ1v) is 11.1. The molecule has 0 saturated heterocycles. The third kappa shape index (κ3) is 3.94. The summed E-state index contributed by atoms with van der Waals surface area (Å²) in [6.45, 7) is -1.24. The van der Waals surface area contributed by atoms with E-state index < -0.39 is 18.6 Å². The summed E-state index contributed by atoms with van der Waals surface area (Å²) in [4.78, 5) is 15.3. The molecule has 3 aromatic rings. The second-order valence-electron chi connectivity index (χ2n) is 7.51. The molecular weight excluding hydrogens is 466 g/mol. The third-order valence-electron chi connectivity index (χ3n) is 5.70. The van der Waals surface area contributed by atoms with E-state index in [-0.39, 0.29) is 17.4 Å². The Morgan fingerprint density at radius 1 is 1.15 bits per heavy atom. The molecule has 4 rings (SSSR count). The summed E-state index contributed by atoms with van der Waals surface area (Å²) in [5, 5.41) is 12.0. The maximum absolute atomic E-state index is 12.9. The molecule has 7 nitrogen and oxygen atoms in total. The van der Waals surface area contributed by atoms with Crippen molar-refractivity contribution in [2.45, 2.75) is 19.6 Å². The average Bonchev–Trinajstić information content (AvgIpc) is 3.18. The number of aromatic nitrogens is 1. The number of halogens is 2. The number of carbonyl (C=O) groups is 1. The maximum atomic E-state index is 12.9. The minimum atomic E-state index is -3.02. The minimum absolute atomic E-state index is 0.0381. The van der Waals surface area contributed by atoms with Crippen molar-refractivity contribution < 1.29 is 37.5 Å². The summed E-state index contributed by atoms with van der Waals surface area (Å²) in [6.07, 6.45) is 0. The van der Waals surface area contributed by atoms with Gasteiger partial charge in [-0.05, 0) is 36.0 Å². The van der Waals surface area contributed by atoms with E-state index in [2.05, 4.69) is 4.74 Å². The van der Waals surface area contributed by atoms with Crippen molar-refractivity contribution in [2.75, 3.05) is 26.2 Å². The highest BCUT2D eigenvalue weighted by Crippen LogP contribution is 2.45. The Balaban J connectivity index is 1.96. The van der Waals surface area contributed by atoms with E-state index in [9.17, 15) is 18.7 Å². The number of alkyl halides is 2. The van der Waals surface area contributed by atoms with Crippen molar-refractivity contribution in [1.29, 1.82) is 0 Å². The van der Waals surface area contributed by atoms with E-state index in [1.54, 1.807) is 24.6 Å². The number of hydrogen-bond donors (Lipinski definition) is 1. The van der Waals surface area contributed by atoms with E-state index in [4.69, 9.17) is 9.47 Å². The van der Waals surface area contributed by atoms with Crippen LogP contribution in [-0.2, 0) is 9.53 Å². The second-order valence-corrected chi connectivity index (χ2v) is 8.49. The molecule has 1 aliphatic rings. The smallest absolute Gasteiger partial charge is 0.387 e. The molecule has 1 unspecified atom stereocenters. The first-order valence-electron chi connectivity index (χ1n) is 10.3. The Hall–Kier alpha value is -3.66. The van der Waals surface area contributed by atoms with E-state index in [1.807, 2.05) is 35.2 Å². The number of thiazole rings is 1. The first-order chi connectivity index (χ1) is 16.3. The lowest BCUT2D eigenvalue weighted by Crippen LogP contribution is -2.50. The van der Waals surface area contributed by atoms with Crippen LogP contribution in [0.3, 0.4) is 0 Å². The number of allylic oxidation sites excluding steroid dienone is 1. The Bertz CT molecular complexity index is 1260. The third-order valence-corrected chi connectivity index (χ3v) is 6.98. The largest absolute Gasteiger partial charge is 0.493 e. The van der Waals surface area contributed by atoms with Gasteiger partial charge in [0.2, 0.25) is 0 Å². The van der Waals surface area contributed by atoms with Crippen molar-refractivity contribution in [1.82, 2.24) is 0 Å². The molecule has 1 aromatic heterocycles. The van der Waals surface area contributed by atoms with Gasteiger partial charge in [0.05, 0.1) is 21.3 Å². The molecule has 1 aliphatic heterocycles. The molecule has 0 fully saturated rings. The predicted molar refractivity (Wildman–Crippen MR) is 122 cm³/mol. The van der Waals surface area contributed by atoms with Gasteiger partial charge in [0, 0.05) is 5.56 Å². The van der Waals surface area contributed by atoms with Crippen LogP contribution in [0.4, 0.5) is 13.9 Å². The minimum Gasteiger partial charge on any atom is -0.493 e. The van der Waals surface area contributed by atoms with E-state index in [0.717, 1.165) is 5.56 Å². The molecule has 0 aliphatic carbocycles. The molecule has 0 saturated carbocycles. The van der Waals surface area contributed by atoms with Gasteiger partial charge in [0.25, 0.3) is 0 Å². The SMILES string of the molecule is COC(=O)C1=C(C)N(C)c2sc(-c3ccccc3)c(O)[n+]2C1c1ccc(OC(F)F)c(OC)c1. The molecule has 1 atom stereocenters. The summed E-state index contributed by atoms with van der Waals surface area (Å²) in [5.41, 5.74) is 2.25. The predicted octanol–water partition coefficient (Wildman–Crippen LogP) is 4.50. The molecule has 0 amide bonds. The number of aromatic hydroxyl groups is 1. The van der Waals surface area contributed by atoms with Gasteiger partial charge in [0.1, 0.15) is 16.1 Å². The van der Waals surface area contributed by atoms with Gasteiger partial charge < -0.3 is 19.3 Å². The molecule has 34 heavy (non-hydrogen) atoms. The van der Waals surface area contributed by atoms with Gasteiger partial charge in [-0.15, -0.1) is 0 Å². The number of benzene rings is 2. The number of rotatable bonds is 6. The zero-order valence-electron chi connectivity index (χ0n) is 18.9. The average molecular weight is 490 g/mol. The molecule has 0 radical (unpaired) electrons. The van der Waals surface area contributed by atoms with E-state index >= 15 is 0 Å². The fourth-order valence-electron chi connectivity index (χ4n) is 4.01. The number of esters is 1. The van der Waals surface area contributed by atoms with Crippen molar-refractivity contribution >= 4 is 22.4 Å². The lowest BCUT2D eigenvalue weighted by atomic mass is 9.94. The van der Waals surface area contributed by atoms with Crippen LogP contribution in [0.1, 0.15) is 18.5 Å². The molecule has 0 bridgehead atoms. The van der Waals surface area contributed by atoms with Crippen molar-refractivity contribution in [2.24, 2.45) is 0 Å². The van der Waals surface area contributed by atoms with Crippen LogP contribution >= 0.6 is 11.3 Å². The first kappa shape index (κ1) is 23.5. The topological polar surface area (TPSA) is 72.1 Å². The Morgan fingerprint density at radius 3 is 2.47 bits per heavy atom. The van der Waals surface area contributed by atoms with Crippen LogP contribution < -0.4 is 18.9 Å². The van der Waals surface area contributed by atoms with Gasteiger partial charge in [-0.2, -0.15) is 13.3 Å². The van der Waals surface area contributed by atoms with Crippen LogP contribution in [0, 0.1) is 0 Å². The number of fused-ring (bicyclic) bond motifs is 1. The van der Waals surface area contributed by atoms with Gasteiger partial charge in [-0.1, -0.05) is 36.4 Å². The zero-order valence-corrected chi connectivity index (χ0v) is 19.7. The normalized spacial score (nSPS) is 15.4. The Labute approximate surface area is 199 Å². The number of hydrogen-bond acceptors (Lipinski definition) is 7. The van der Waals surface area contributed by atoms with Gasteiger partial charge >= 0.3 is 23.6 Å². The van der Waals surface area contributed by atoms with Gasteiger partial charge in [-0.25, -0.2) is 9.69 Å². The molecule has 0 spiro atoms. The van der Waals surface area contributed by atoms with Crippen molar-refractivity contribution in [3.05, 3.63) is 65.4 Å². The number of ether oxygens (including phenoxy) is 3. The van der Waals surface area contributed by atoms with Crippen molar-refractivity contribution in [3.63, 3.8) is 0 Å².